The summed E-state index contributed by atoms with van der Waals surface area (Å²) in [4.78, 5) is 18.2. The number of fused-ring (bicyclic) bond motifs is 1. The van der Waals surface area contributed by atoms with Crippen LogP contribution in [0.15, 0.2) is 102 Å². The van der Waals surface area contributed by atoms with E-state index in [-0.39, 0.29) is 11.7 Å². The third-order valence-corrected chi connectivity index (χ3v) is 6.60. The number of benzene rings is 4. The minimum atomic E-state index is -0.337. The fourth-order valence-electron chi connectivity index (χ4n) is 3.69. The second kappa shape index (κ2) is 10.5. The Morgan fingerprint density at radius 2 is 1.69 bits per heavy atom. The van der Waals surface area contributed by atoms with Crippen molar-refractivity contribution in [2.24, 2.45) is 5.10 Å². The molecule has 1 heterocycles. The highest BCUT2D eigenvalue weighted by molar-refractivity contribution is 7.22. The topological polar surface area (TPSA) is 54.8 Å². The molecule has 0 aliphatic carbocycles. The number of carbonyl (C=O) groups excluding carboxylic acids is 1. The predicted octanol–water partition coefficient (Wildman–Crippen LogP) is 6.72. The number of anilines is 1. The quantitative estimate of drug-likeness (QED) is 0.186. The van der Waals surface area contributed by atoms with Gasteiger partial charge in [0.25, 0.3) is 5.91 Å². The largest absolute Gasteiger partial charge is 0.497 e. The summed E-state index contributed by atoms with van der Waals surface area (Å²) in [7, 11) is 1.60. The van der Waals surface area contributed by atoms with Gasteiger partial charge in [-0.05, 0) is 65.6 Å². The minimum Gasteiger partial charge on any atom is -0.497 e. The molecule has 5 nitrogen and oxygen atoms in total. The smallest absolute Gasteiger partial charge is 0.280 e. The van der Waals surface area contributed by atoms with Gasteiger partial charge >= 0.3 is 0 Å². The highest BCUT2D eigenvalue weighted by Gasteiger charge is 2.21. The van der Waals surface area contributed by atoms with E-state index < -0.39 is 0 Å². The van der Waals surface area contributed by atoms with Gasteiger partial charge in [-0.2, -0.15) is 10.1 Å². The van der Waals surface area contributed by atoms with E-state index in [4.69, 9.17) is 4.74 Å². The van der Waals surface area contributed by atoms with Gasteiger partial charge in [0.05, 0.1) is 23.5 Å². The highest BCUT2D eigenvalue weighted by Crippen LogP contribution is 2.32. The molecule has 0 saturated heterocycles. The van der Waals surface area contributed by atoms with Crippen LogP contribution in [0.4, 0.5) is 9.52 Å². The third kappa shape index (κ3) is 5.31. The molecule has 0 radical (unpaired) electrons. The lowest BCUT2D eigenvalue weighted by molar-refractivity contribution is 0.0988. The summed E-state index contributed by atoms with van der Waals surface area (Å²) in [5.74, 6) is 0.0563. The first-order chi connectivity index (χ1) is 17.6. The van der Waals surface area contributed by atoms with E-state index >= 15 is 0 Å². The Balaban J connectivity index is 1.46. The van der Waals surface area contributed by atoms with Crippen molar-refractivity contribution in [1.29, 1.82) is 0 Å². The van der Waals surface area contributed by atoms with Gasteiger partial charge in [0, 0.05) is 5.56 Å². The van der Waals surface area contributed by atoms with Gasteiger partial charge in [0.15, 0.2) is 0 Å². The Labute approximate surface area is 212 Å². The molecule has 4 aromatic carbocycles. The maximum atomic E-state index is 13.6. The zero-order valence-corrected chi connectivity index (χ0v) is 20.3. The lowest BCUT2D eigenvalue weighted by Crippen LogP contribution is -2.25. The van der Waals surface area contributed by atoms with Gasteiger partial charge in [-0.25, -0.2) is 9.37 Å². The molecule has 0 aliphatic heterocycles. The fourth-order valence-corrected chi connectivity index (χ4v) is 4.64. The van der Waals surface area contributed by atoms with Crippen LogP contribution in [-0.4, -0.2) is 24.2 Å². The summed E-state index contributed by atoms with van der Waals surface area (Å²) in [6, 6.07) is 29.1. The first kappa shape index (κ1) is 23.4. The van der Waals surface area contributed by atoms with Crippen LogP contribution in [0.3, 0.4) is 0 Å². The Hall–Kier alpha value is -4.36. The zero-order valence-electron chi connectivity index (χ0n) is 19.5. The molecule has 5 rings (SSSR count). The number of nitrogens with zero attached hydrogens (tertiary/aromatic N) is 3. The van der Waals surface area contributed by atoms with E-state index in [0.717, 1.165) is 22.2 Å². The van der Waals surface area contributed by atoms with E-state index in [1.165, 1.54) is 40.3 Å². The summed E-state index contributed by atoms with van der Waals surface area (Å²) in [5.41, 5.74) is 4.19. The lowest BCUT2D eigenvalue weighted by atomic mass is 10.0. The van der Waals surface area contributed by atoms with Crippen LogP contribution in [-0.2, 0) is 6.42 Å². The highest BCUT2D eigenvalue weighted by atomic mass is 32.1. The molecule has 0 bridgehead atoms. The average Bonchev–Trinajstić information content (AvgIpc) is 3.33. The molecule has 0 atom stereocenters. The molecular weight excluding hydrogens is 473 g/mol. The Kier molecular flexibility index (Phi) is 6.82. The van der Waals surface area contributed by atoms with Crippen LogP contribution >= 0.6 is 11.3 Å². The Morgan fingerprint density at radius 1 is 0.972 bits per heavy atom. The number of hydrogen-bond acceptors (Lipinski definition) is 5. The van der Waals surface area contributed by atoms with Crippen LogP contribution in [0, 0.1) is 5.82 Å². The maximum absolute atomic E-state index is 13.6. The molecule has 1 aromatic heterocycles. The Bertz CT molecular complexity index is 1510. The number of ether oxygens (including phenoxy) is 1. The number of aromatic nitrogens is 1. The van der Waals surface area contributed by atoms with Crippen molar-refractivity contribution in [1.82, 2.24) is 4.98 Å². The van der Waals surface area contributed by atoms with Gasteiger partial charge in [0.2, 0.25) is 5.13 Å². The van der Waals surface area contributed by atoms with E-state index in [0.29, 0.717) is 22.0 Å². The van der Waals surface area contributed by atoms with E-state index in [9.17, 15) is 9.18 Å². The van der Waals surface area contributed by atoms with Gasteiger partial charge < -0.3 is 4.74 Å². The van der Waals surface area contributed by atoms with E-state index in [2.05, 4.69) is 22.2 Å². The lowest BCUT2D eigenvalue weighted by Gasteiger charge is -2.14. The van der Waals surface area contributed by atoms with Crippen LogP contribution < -0.4 is 9.75 Å². The van der Waals surface area contributed by atoms with Crippen LogP contribution in [0.2, 0.25) is 0 Å². The number of thiazole rings is 1. The van der Waals surface area contributed by atoms with Gasteiger partial charge in [0.1, 0.15) is 11.6 Å². The SMILES string of the molecule is COc1ccc2nc(N(/N=C/c3ccc(F)cc3)C(=O)c3ccc(Cc4ccccc4)cc3)sc2c1. The van der Waals surface area contributed by atoms with Crippen LogP contribution in [0.1, 0.15) is 27.0 Å². The molecule has 5 aromatic rings. The van der Waals surface area contributed by atoms with E-state index in [1.807, 2.05) is 48.5 Å². The molecule has 0 aliphatic rings. The second-order valence-electron chi connectivity index (χ2n) is 8.10. The molecule has 7 heteroatoms. The number of halogens is 1. The fraction of sp³-hybridized carbons (Fsp3) is 0.0690. The summed E-state index contributed by atoms with van der Waals surface area (Å²) < 4.78 is 19.5. The molecule has 0 N–H and O–H groups in total. The molecule has 1 amide bonds. The van der Waals surface area contributed by atoms with Crippen LogP contribution in [0.25, 0.3) is 10.2 Å². The van der Waals surface area contributed by atoms with Crippen molar-refractivity contribution in [3.63, 3.8) is 0 Å². The summed E-state index contributed by atoms with van der Waals surface area (Å²) >= 11 is 1.34. The summed E-state index contributed by atoms with van der Waals surface area (Å²) in [6.07, 6.45) is 2.30. The minimum absolute atomic E-state index is 0.314. The molecule has 0 fully saturated rings. The molecule has 0 unspecified atom stereocenters. The monoisotopic (exact) mass is 495 g/mol. The average molecular weight is 496 g/mol. The standard InChI is InChI=1S/C29H22FN3O2S/c1-35-25-15-16-26-27(18-25)36-29(32-26)33(31-19-22-9-13-24(30)14-10-22)28(34)23-11-7-21(8-12-23)17-20-5-3-2-4-6-20/h2-16,18-19H,17H2,1H3/b31-19+. The molecule has 0 spiro atoms. The first-order valence-electron chi connectivity index (χ1n) is 11.3. The van der Waals surface area contributed by atoms with Crippen molar-refractivity contribution < 1.29 is 13.9 Å². The summed E-state index contributed by atoms with van der Waals surface area (Å²) in [6.45, 7) is 0. The number of hydrazone groups is 1. The summed E-state index contributed by atoms with van der Waals surface area (Å²) in [5, 5.41) is 6.16. The molecule has 178 valence electrons. The van der Waals surface area contributed by atoms with Gasteiger partial charge in [-0.1, -0.05) is 65.9 Å². The first-order valence-corrected chi connectivity index (χ1v) is 12.1. The molecule has 36 heavy (non-hydrogen) atoms. The van der Waals surface area contributed by atoms with Crippen molar-refractivity contribution in [3.8, 4) is 5.75 Å². The zero-order chi connectivity index (χ0) is 24.9. The van der Waals surface area contributed by atoms with Crippen molar-refractivity contribution in [2.75, 3.05) is 12.1 Å². The van der Waals surface area contributed by atoms with Gasteiger partial charge in [-0.15, -0.1) is 0 Å². The normalized spacial score (nSPS) is 11.2. The molecule has 0 saturated carbocycles. The molecular formula is C29H22FN3O2S. The van der Waals surface area contributed by atoms with Crippen molar-refractivity contribution >= 4 is 38.8 Å². The number of carbonyl (C=O) groups is 1. The van der Waals surface area contributed by atoms with E-state index in [1.54, 1.807) is 31.4 Å². The number of rotatable bonds is 7. The van der Waals surface area contributed by atoms with Gasteiger partial charge in [-0.3, -0.25) is 4.79 Å². The second-order valence-corrected chi connectivity index (χ2v) is 9.11. The van der Waals surface area contributed by atoms with Crippen molar-refractivity contribution in [3.05, 3.63) is 125 Å². The Morgan fingerprint density at radius 3 is 2.42 bits per heavy atom. The number of methoxy groups -OCH3 is 1. The number of amides is 1. The van der Waals surface area contributed by atoms with Crippen molar-refractivity contribution in [2.45, 2.75) is 6.42 Å². The van der Waals surface area contributed by atoms with Crippen LogP contribution in [0.5, 0.6) is 5.75 Å². The number of hydrogen-bond donors (Lipinski definition) is 0. The predicted molar refractivity (Wildman–Crippen MR) is 143 cm³/mol. The maximum Gasteiger partial charge on any atom is 0.280 e. The third-order valence-electron chi connectivity index (χ3n) is 5.60.